The molecule has 122 valence electrons. The third-order valence-electron chi connectivity index (χ3n) is 4.13. The van der Waals surface area contributed by atoms with E-state index < -0.39 is 0 Å². The maximum atomic E-state index is 5.81. The van der Waals surface area contributed by atoms with Crippen molar-refractivity contribution < 1.29 is 4.74 Å². The summed E-state index contributed by atoms with van der Waals surface area (Å²) in [6, 6.07) is 7.93. The molecular weight excluding hydrogens is 288 g/mol. The predicted octanol–water partition coefficient (Wildman–Crippen LogP) is 3.11. The average Bonchev–Trinajstić information content (AvgIpc) is 2.62. The van der Waals surface area contributed by atoms with Gasteiger partial charge in [-0.15, -0.1) is 0 Å². The van der Waals surface area contributed by atoms with Crippen LogP contribution in [0.4, 0.5) is 5.82 Å². The van der Waals surface area contributed by atoms with Gasteiger partial charge in [-0.2, -0.15) is 0 Å². The lowest BCUT2D eigenvalue weighted by Crippen LogP contribution is -2.40. The van der Waals surface area contributed by atoms with E-state index in [1.165, 1.54) is 0 Å². The molecule has 23 heavy (non-hydrogen) atoms. The van der Waals surface area contributed by atoms with Gasteiger partial charge in [0.2, 0.25) is 0 Å². The molecule has 0 spiro atoms. The van der Waals surface area contributed by atoms with Gasteiger partial charge in [-0.05, 0) is 38.3 Å². The Hall–Kier alpha value is -2.01. The fourth-order valence-electron chi connectivity index (χ4n) is 2.95. The summed E-state index contributed by atoms with van der Waals surface area (Å²) >= 11 is 0. The Morgan fingerprint density at radius 1 is 1.26 bits per heavy atom. The lowest BCUT2D eigenvalue weighted by atomic mass is 10.1. The highest BCUT2D eigenvalue weighted by molar-refractivity contribution is 5.54. The van der Waals surface area contributed by atoms with Crippen molar-refractivity contribution in [3.05, 3.63) is 36.2 Å². The molecule has 1 aliphatic rings. The lowest BCUT2D eigenvalue weighted by molar-refractivity contribution is 0.0525. The van der Waals surface area contributed by atoms with Gasteiger partial charge < -0.3 is 9.64 Å². The van der Waals surface area contributed by atoms with Crippen LogP contribution < -0.4 is 4.90 Å². The zero-order valence-electron chi connectivity index (χ0n) is 13.9. The first-order chi connectivity index (χ1) is 11.3. The summed E-state index contributed by atoms with van der Waals surface area (Å²) in [6.45, 7) is 6.86. The van der Waals surface area contributed by atoms with E-state index in [9.17, 15) is 0 Å². The van der Waals surface area contributed by atoms with Crippen LogP contribution in [-0.4, -0.2) is 40.8 Å². The van der Waals surface area contributed by atoms with Crippen LogP contribution in [0.1, 0.15) is 32.4 Å². The molecule has 3 rings (SSSR count). The van der Waals surface area contributed by atoms with E-state index in [4.69, 9.17) is 9.72 Å². The molecule has 0 N–H and O–H groups in total. The Morgan fingerprint density at radius 3 is 2.91 bits per heavy atom. The van der Waals surface area contributed by atoms with Crippen LogP contribution >= 0.6 is 0 Å². The number of piperidine rings is 1. The largest absolute Gasteiger partial charge is 0.377 e. The molecule has 0 bridgehead atoms. The molecule has 1 fully saturated rings. The van der Waals surface area contributed by atoms with Crippen LogP contribution in [0.25, 0.3) is 11.5 Å². The van der Waals surface area contributed by atoms with Gasteiger partial charge in [0.05, 0.1) is 6.10 Å². The van der Waals surface area contributed by atoms with Crippen molar-refractivity contribution in [2.45, 2.75) is 39.2 Å². The van der Waals surface area contributed by atoms with Crippen LogP contribution in [-0.2, 0) is 11.2 Å². The third-order valence-corrected chi connectivity index (χ3v) is 4.13. The lowest BCUT2D eigenvalue weighted by Gasteiger charge is -2.33. The second-order valence-corrected chi connectivity index (χ2v) is 5.78. The summed E-state index contributed by atoms with van der Waals surface area (Å²) in [5.41, 5.74) is 1.87. The molecule has 1 unspecified atom stereocenters. The van der Waals surface area contributed by atoms with Gasteiger partial charge in [-0.1, -0.05) is 13.0 Å². The van der Waals surface area contributed by atoms with Gasteiger partial charge in [0.1, 0.15) is 11.5 Å². The zero-order valence-corrected chi connectivity index (χ0v) is 13.9. The highest BCUT2D eigenvalue weighted by atomic mass is 16.5. The smallest absolute Gasteiger partial charge is 0.180 e. The molecule has 0 saturated carbocycles. The van der Waals surface area contributed by atoms with E-state index in [1.807, 2.05) is 18.2 Å². The predicted molar refractivity (Wildman–Crippen MR) is 91.5 cm³/mol. The molecule has 5 nitrogen and oxygen atoms in total. The second-order valence-electron chi connectivity index (χ2n) is 5.78. The Morgan fingerprint density at radius 2 is 2.17 bits per heavy atom. The van der Waals surface area contributed by atoms with E-state index >= 15 is 0 Å². The SMILES string of the molecule is CCOC1CCCN(c2cc(CC)nc(-c3ccccn3)n2)C1. The quantitative estimate of drug-likeness (QED) is 0.849. The average molecular weight is 312 g/mol. The number of ether oxygens (including phenoxy) is 1. The molecule has 2 aromatic heterocycles. The Bertz CT molecular complexity index is 630. The fraction of sp³-hybridized carbons (Fsp3) is 0.500. The number of rotatable bonds is 5. The maximum Gasteiger partial charge on any atom is 0.180 e. The first kappa shape index (κ1) is 15.9. The number of pyridine rings is 1. The van der Waals surface area contributed by atoms with Crippen molar-refractivity contribution in [3.63, 3.8) is 0 Å². The normalized spacial score (nSPS) is 18.2. The topological polar surface area (TPSA) is 51.1 Å². The van der Waals surface area contributed by atoms with Crippen LogP contribution in [0.2, 0.25) is 0 Å². The Balaban J connectivity index is 1.89. The molecule has 1 aliphatic heterocycles. The molecule has 5 heteroatoms. The van der Waals surface area contributed by atoms with Crippen molar-refractivity contribution in [1.29, 1.82) is 0 Å². The molecule has 1 saturated heterocycles. The third kappa shape index (κ3) is 3.85. The minimum absolute atomic E-state index is 0.298. The Kier molecular flexibility index (Phi) is 5.18. The van der Waals surface area contributed by atoms with Crippen molar-refractivity contribution in [2.24, 2.45) is 0 Å². The van der Waals surface area contributed by atoms with E-state index in [1.54, 1.807) is 6.20 Å². The summed E-state index contributed by atoms with van der Waals surface area (Å²) < 4.78 is 5.81. The van der Waals surface area contributed by atoms with Crippen molar-refractivity contribution in [2.75, 3.05) is 24.6 Å². The molecule has 1 atom stereocenters. The van der Waals surface area contributed by atoms with Gasteiger partial charge in [0.25, 0.3) is 0 Å². The minimum atomic E-state index is 0.298. The Labute approximate surface area is 137 Å². The van der Waals surface area contributed by atoms with E-state index in [0.717, 1.165) is 56.2 Å². The maximum absolute atomic E-state index is 5.81. The first-order valence-corrected chi connectivity index (χ1v) is 8.46. The van der Waals surface area contributed by atoms with Crippen LogP contribution in [0, 0.1) is 0 Å². The van der Waals surface area contributed by atoms with Gasteiger partial charge in [0.15, 0.2) is 5.82 Å². The summed E-state index contributed by atoms with van der Waals surface area (Å²) in [4.78, 5) is 16.1. The number of hydrogen-bond acceptors (Lipinski definition) is 5. The number of nitrogens with zero attached hydrogens (tertiary/aromatic N) is 4. The van der Waals surface area contributed by atoms with Gasteiger partial charge >= 0.3 is 0 Å². The summed E-state index contributed by atoms with van der Waals surface area (Å²) in [5, 5.41) is 0. The second kappa shape index (κ2) is 7.51. The molecule has 0 radical (unpaired) electrons. The monoisotopic (exact) mass is 312 g/mol. The van der Waals surface area contributed by atoms with Crippen molar-refractivity contribution >= 4 is 5.82 Å². The van der Waals surface area contributed by atoms with E-state index in [2.05, 4.69) is 34.8 Å². The van der Waals surface area contributed by atoms with Gasteiger partial charge in [0, 0.05) is 37.7 Å². The molecule has 0 aromatic carbocycles. The van der Waals surface area contributed by atoms with Crippen LogP contribution in [0.15, 0.2) is 30.5 Å². The van der Waals surface area contributed by atoms with E-state index in [-0.39, 0.29) is 0 Å². The highest BCUT2D eigenvalue weighted by Gasteiger charge is 2.22. The number of aryl methyl sites for hydroxylation is 1. The summed E-state index contributed by atoms with van der Waals surface area (Å²) in [5.74, 6) is 1.69. The van der Waals surface area contributed by atoms with E-state index in [0.29, 0.717) is 11.9 Å². The molecule has 3 heterocycles. The standard InChI is InChI=1S/C18H24N4O/c1-3-14-12-17(22-11-7-8-15(13-22)23-4-2)21-18(20-14)16-9-5-6-10-19-16/h5-6,9-10,12,15H,3-4,7-8,11,13H2,1-2H3. The summed E-state index contributed by atoms with van der Waals surface area (Å²) in [7, 11) is 0. The van der Waals surface area contributed by atoms with Crippen molar-refractivity contribution in [1.82, 2.24) is 15.0 Å². The highest BCUT2D eigenvalue weighted by Crippen LogP contribution is 2.23. The molecular formula is C18H24N4O. The fourth-order valence-corrected chi connectivity index (χ4v) is 2.95. The zero-order chi connectivity index (χ0) is 16.1. The first-order valence-electron chi connectivity index (χ1n) is 8.46. The number of hydrogen-bond donors (Lipinski definition) is 0. The molecule has 0 aliphatic carbocycles. The molecule has 0 amide bonds. The van der Waals surface area contributed by atoms with Crippen LogP contribution in [0.5, 0.6) is 0 Å². The molecule has 2 aromatic rings. The van der Waals surface area contributed by atoms with Gasteiger partial charge in [-0.3, -0.25) is 4.98 Å². The van der Waals surface area contributed by atoms with Crippen LogP contribution in [0.3, 0.4) is 0 Å². The minimum Gasteiger partial charge on any atom is -0.377 e. The number of anilines is 1. The summed E-state index contributed by atoms with van der Waals surface area (Å²) in [6.07, 6.45) is 5.23. The number of aromatic nitrogens is 3. The van der Waals surface area contributed by atoms with Crippen molar-refractivity contribution in [3.8, 4) is 11.5 Å². The van der Waals surface area contributed by atoms with Gasteiger partial charge in [-0.25, -0.2) is 9.97 Å².